The van der Waals surface area contributed by atoms with Crippen molar-refractivity contribution in [1.29, 1.82) is 0 Å². The Labute approximate surface area is 132 Å². The summed E-state index contributed by atoms with van der Waals surface area (Å²) in [6, 6.07) is 2.22. The van der Waals surface area contributed by atoms with E-state index in [9.17, 15) is 4.79 Å². The number of urea groups is 1. The molecular weight excluding hydrogens is 280 g/mol. The maximum absolute atomic E-state index is 11.9. The van der Waals surface area contributed by atoms with Gasteiger partial charge in [-0.15, -0.1) is 0 Å². The molecule has 0 saturated heterocycles. The standard InChI is InChI=1S/C16H28N4O2/c1-12-10-13(2)20(19-12)9-3-8-17-16(22)18-15-6-4-14(11-21)5-7-15/h10,14-15,21H,3-9,11H2,1-2H3,(H2,17,18,22). The minimum atomic E-state index is -0.0826. The van der Waals surface area contributed by atoms with E-state index in [4.69, 9.17) is 5.11 Å². The van der Waals surface area contributed by atoms with Crippen molar-refractivity contribution in [2.45, 2.75) is 58.5 Å². The molecule has 1 heterocycles. The van der Waals surface area contributed by atoms with Gasteiger partial charge in [-0.1, -0.05) is 0 Å². The largest absolute Gasteiger partial charge is 0.396 e. The normalized spacial score (nSPS) is 21.6. The first-order chi connectivity index (χ1) is 10.6. The Hall–Kier alpha value is -1.56. The van der Waals surface area contributed by atoms with Gasteiger partial charge in [0.25, 0.3) is 0 Å². The van der Waals surface area contributed by atoms with Crippen LogP contribution in [0.4, 0.5) is 4.79 Å². The number of carbonyl (C=O) groups is 1. The highest BCUT2D eigenvalue weighted by Gasteiger charge is 2.21. The Morgan fingerprint density at radius 2 is 2.09 bits per heavy atom. The minimum absolute atomic E-state index is 0.0826. The smallest absolute Gasteiger partial charge is 0.315 e. The minimum Gasteiger partial charge on any atom is -0.396 e. The van der Waals surface area contributed by atoms with Crippen LogP contribution in [0.1, 0.15) is 43.5 Å². The lowest BCUT2D eigenvalue weighted by Crippen LogP contribution is -2.44. The predicted molar refractivity (Wildman–Crippen MR) is 85.7 cm³/mol. The highest BCUT2D eigenvalue weighted by Crippen LogP contribution is 2.23. The molecule has 0 unspecified atom stereocenters. The van der Waals surface area contributed by atoms with Gasteiger partial charge in [0.1, 0.15) is 0 Å². The Morgan fingerprint density at radius 1 is 1.36 bits per heavy atom. The number of aromatic nitrogens is 2. The van der Waals surface area contributed by atoms with Crippen LogP contribution in [0.15, 0.2) is 6.07 Å². The van der Waals surface area contributed by atoms with E-state index in [1.165, 1.54) is 0 Å². The van der Waals surface area contributed by atoms with Gasteiger partial charge >= 0.3 is 6.03 Å². The van der Waals surface area contributed by atoms with Crippen LogP contribution in [0.3, 0.4) is 0 Å². The molecule has 0 spiro atoms. The Kier molecular flexibility index (Phi) is 6.24. The average molecular weight is 308 g/mol. The van der Waals surface area contributed by atoms with Crippen molar-refractivity contribution in [2.24, 2.45) is 5.92 Å². The molecular formula is C16H28N4O2. The molecule has 2 amide bonds. The third-order valence-corrected chi connectivity index (χ3v) is 4.38. The van der Waals surface area contributed by atoms with Crippen molar-refractivity contribution in [3.63, 3.8) is 0 Å². The molecule has 1 aliphatic rings. The molecule has 1 aliphatic carbocycles. The van der Waals surface area contributed by atoms with Crippen molar-refractivity contribution in [3.05, 3.63) is 17.5 Å². The molecule has 1 aromatic rings. The Morgan fingerprint density at radius 3 is 2.68 bits per heavy atom. The first-order valence-electron chi connectivity index (χ1n) is 8.24. The second-order valence-corrected chi connectivity index (χ2v) is 6.30. The predicted octanol–water partition coefficient (Wildman–Crippen LogP) is 1.74. The monoisotopic (exact) mass is 308 g/mol. The van der Waals surface area contributed by atoms with E-state index >= 15 is 0 Å². The van der Waals surface area contributed by atoms with Crippen LogP contribution in [-0.4, -0.2) is 40.1 Å². The van der Waals surface area contributed by atoms with E-state index in [-0.39, 0.29) is 18.7 Å². The van der Waals surface area contributed by atoms with Crippen molar-refractivity contribution in [2.75, 3.05) is 13.2 Å². The molecule has 124 valence electrons. The lowest BCUT2D eigenvalue weighted by atomic mass is 9.87. The molecule has 0 radical (unpaired) electrons. The number of nitrogens with one attached hydrogen (secondary N) is 2. The second-order valence-electron chi connectivity index (χ2n) is 6.30. The van der Waals surface area contributed by atoms with Gasteiger partial charge in [0.2, 0.25) is 0 Å². The Bertz CT molecular complexity index is 478. The van der Waals surface area contributed by atoms with Gasteiger partial charge in [0, 0.05) is 31.4 Å². The highest BCUT2D eigenvalue weighted by atomic mass is 16.3. The summed E-state index contributed by atoms with van der Waals surface area (Å²) in [5.74, 6) is 0.418. The summed E-state index contributed by atoms with van der Waals surface area (Å²) in [6.45, 7) is 5.77. The van der Waals surface area contributed by atoms with Gasteiger partial charge in [-0.05, 0) is 57.9 Å². The van der Waals surface area contributed by atoms with Crippen LogP contribution in [0.5, 0.6) is 0 Å². The molecule has 1 saturated carbocycles. The van der Waals surface area contributed by atoms with Crippen LogP contribution in [0, 0.1) is 19.8 Å². The number of aryl methyl sites for hydroxylation is 3. The maximum Gasteiger partial charge on any atom is 0.315 e. The van der Waals surface area contributed by atoms with Crippen LogP contribution in [0.2, 0.25) is 0 Å². The van der Waals surface area contributed by atoms with Gasteiger partial charge < -0.3 is 15.7 Å². The van der Waals surface area contributed by atoms with Crippen molar-refractivity contribution in [3.8, 4) is 0 Å². The Balaban J connectivity index is 1.59. The van der Waals surface area contributed by atoms with E-state index in [1.54, 1.807) is 0 Å². The van der Waals surface area contributed by atoms with Gasteiger partial charge in [0.15, 0.2) is 0 Å². The molecule has 1 aromatic heterocycles. The molecule has 0 aliphatic heterocycles. The summed E-state index contributed by atoms with van der Waals surface area (Å²) in [5.41, 5.74) is 2.18. The van der Waals surface area contributed by atoms with Crippen LogP contribution < -0.4 is 10.6 Å². The fourth-order valence-corrected chi connectivity index (χ4v) is 3.06. The first kappa shape index (κ1) is 16.8. The van der Waals surface area contributed by atoms with Gasteiger partial charge in [-0.2, -0.15) is 5.10 Å². The molecule has 0 bridgehead atoms. The van der Waals surface area contributed by atoms with Crippen molar-refractivity contribution >= 4 is 6.03 Å². The van der Waals surface area contributed by atoms with Gasteiger partial charge in [0.05, 0.1) is 5.69 Å². The molecule has 6 heteroatoms. The number of hydrogen-bond acceptors (Lipinski definition) is 3. The number of carbonyl (C=O) groups excluding carboxylic acids is 1. The zero-order valence-electron chi connectivity index (χ0n) is 13.6. The van der Waals surface area contributed by atoms with Crippen molar-refractivity contribution in [1.82, 2.24) is 20.4 Å². The molecule has 1 fully saturated rings. The number of aliphatic hydroxyl groups excluding tert-OH is 1. The van der Waals surface area contributed by atoms with E-state index in [1.807, 2.05) is 18.5 Å². The van der Waals surface area contributed by atoms with E-state index in [2.05, 4.69) is 21.8 Å². The summed E-state index contributed by atoms with van der Waals surface area (Å²) in [7, 11) is 0. The maximum atomic E-state index is 11.9. The zero-order valence-corrected chi connectivity index (χ0v) is 13.6. The number of aliphatic hydroxyl groups is 1. The van der Waals surface area contributed by atoms with Gasteiger partial charge in [-0.3, -0.25) is 4.68 Å². The van der Waals surface area contributed by atoms with E-state index < -0.39 is 0 Å². The fraction of sp³-hybridized carbons (Fsp3) is 0.750. The third kappa shape index (κ3) is 5.02. The lowest BCUT2D eigenvalue weighted by Gasteiger charge is -2.27. The summed E-state index contributed by atoms with van der Waals surface area (Å²) < 4.78 is 1.98. The fourth-order valence-electron chi connectivity index (χ4n) is 3.06. The first-order valence-corrected chi connectivity index (χ1v) is 8.24. The van der Waals surface area contributed by atoms with E-state index in [0.29, 0.717) is 12.5 Å². The molecule has 22 heavy (non-hydrogen) atoms. The van der Waals surface area contributed by atoms with Crippen LogP contribution in [-0.2, 0) is 6.54 Å². The topological polar surface area (TPSA) is 79.2 Å². The summed E-state index contributed by atoms with van der Waals surface area (Å²) in [5, 5.41) is 19.4. The van der Waals surface area contributed by atoms with Gasteiger partial charge in [-0.25, -0.2) is 4.79 Å². The molecule has 0 aromatic carbocycles. The lowest BCUT2D eigenvalue weighted by molar-refractivity contribution is 0.174. The SMILES string of the molecule is Cc1cc(C)n(CCCNC(=O)NC2CCC(CO)CC2)n1. The third-order valence-electron chi connectivity index (χ3n) is 4.38. The van der Waals surface area contributed by atoms with E-state index in [0.717, 1.165) is 50.0 Å². The molecule has 0 atom stereocenters. The number of rotatable bonds is 6. The average Bonchev–Trinajstić information content (AvgIpc) is 2.82. The molecule has 6 nitrogen and oxygen atoms in total. The zero-order chi connectivity index (χ0) is 15.9. The number of nitrogens with zero attached hydrogens (tertiary/aromatic N) is 2. The second kappa shape index (κ2) is 8.17. The summed E-state index contributed by atoms with van der Waals surface area (Å²) in [4.78, 5) is 11.9. The highest BCUT2D eigenvalue weighted by molar-refractivity contribution is 5.74. The summed E-state index contributed by atoms with van der Waals surface area (Å²) in [6.07, 6.45) is 4.79. The quantitative estimate of drug-likeness (QED) is 0.700. The number of hydrogen-bond donors (Lipinski definition) is 3. The van der Waals surface area contributed by atoms with Crippen molar-refractivity contribution < 1.29 is 9.90 Å². The number of amides is 2. The van der Waals surface area contributed by atoms with Crippen LogP contribution in [0.25, 0.3) is 0 Å². The summed E-state index contributed by atoms with van der Waals surface area (Å²) >= 11 is 0. The molecule has 2 rings (SSSR count). The molecule has 3 N–H and O–H groups in total. The van der Waals surface area contributed by atoms with Crippen LogP contribution >= 0.6 is 0 Å².